The third-order valence-corrected chi connectivity index (χ3v) is 4.86. The first-order chi connectivity index (χ1) is 15.7. The van der Waals surface area contributed by atoms with Crippen LogP contribution in [0.5, 0.6) is 5.75 Å². The van der Waals surface area contributed by atoms with Gasteiger partial charge < -0.3 is 15.5 Å². The maximum Gasteiger partial charge on any atom is 0.322 e. The van der Waals surface area contributed by atoms with Gasteiger partial charge in [-0.25, -0.2) is 13.5 Å². The van der Waals surface area contributed by atoms with E-state index in [-0.39, 0.29) is 24.2 Å². The standard InChI is InChI=1S/C23H21F2N3O5/c1-2-3-18-21(31)20(22(32)26-11-19(29)30)23(33)28(27-18)12-15-5-4-14(10-17(15)25)13-6-8-16(24)9-7-13/h4-10,31H,2-3,11-12H2,1H3,(H,26,32)(H,29,30). The lowest BCUT2D eigenvalue weighted by Crippen LogP contribution is -2.37. The number of nitrogens with zero attached hydrogens (tertiary/aromatic N) is 2. The molecule has 1 amide bonds. The Kier molecular flexibility index (Phi) is 7.17. The smallest absolute Gasteiger partial charge is 0.322 e. The summed E-state index contributed by atoms with van der Waals surface area (Å²) < 4.78 is 28.8. The Hall–Kier alpha value is -4.08. The van der Waals surface area contributed by atoms with E-state index in [0.29, 0.717) is 17.5 Å². The largest absolute Gasteiger partial charge is 0.505 e. The number of aryl methyl sites for hydroxylation is 1. The second-order valence-corrected chi connectivity index (χ2v) is 7.27. The normalized spacial score (nSPS) is 10.8. The quantitative estimate of drug-likeness (QED) is 0.478. The van der Waals surface area contributed by atoms with Crippen LogP contribution in [-0.4, -0.2) is 38.4 Å². The fraction of sp³-hybridized carbons (Fsp3) is 0.217. The molecule has 1 heterocycles. The van der Waals surface area contributed by atoms with Crippen molar-refractivity contribution in [3.8, 4) is 16.9 Å². The van der Waals surface area contributed by atoms with Crippen molar-refractivity contribution in [2.24, 2.45) is 0 Å². The average molecular weight is 457 g/mol. The number of carbonyl (C=O) groups is 2. The number of amides is 1. The molecule has 10 heteroatoms. The molecule has 0 bridgehead atoms. The topological polar surface area (TPSA) is 122 Å². The summed E-state index contributed by atoms with van der Waals surface area (Å²) in [5.74, 6) is -4.09. The van der Waals surface area contributed by atoms with Crippen molar-refractivity contribution in [2.45, 2.75) is 26.3 Å². The lowest BCUT2D eigenvalue weighted by molar-refractivity contribution is -0.135. The van der Waals surface area contributed by atoms with Crippen molar-refractivity contribution in [3.05, 3.63) is 81.3 Å². The van der Waals surface area contributed by atoms with Crippen LogP contribution in [0, 0.1) is 11.6 Å². The van der Waals surface area contributed by atoms with Gasteiger partial charge in [-0.1, -0.05) is 37.6 Å². The summed E-state index contributed by atoms with van der Waals surface area (Å²) in [5.41, 5.74) is -0.385. The molecule has 0 saturated heterocycles. The molecule has 0 aliphatic rings. The fourth-order valence-electron chi connectivity index (χ4n) is 3.23. The Balaban J connectivity index is 1.98. The van der Waals surface area contributed by atoms with E-state index < -0.39 is 46.9 Å². The number of aromatic nitrogens is 2. The summed E-state index contributed by atoms with van der Waals surface area (Å²) in [6.07, 6.45) is 0.771. The number of hydrogen-bond donors (Lipinski definition) is 3. The van der Waals surface area contributed by atoms with Gasteiger partial charge in [-0.05, 0) is 35.7 Å². The van der Waals surface area contributed by atoms with Gasteiger partial charge in [0.05, 0.1) is 6.54 Å². The molecular weight excluding hydrogens is 436 g/mol. The number of aromatic hydroxyl groups is 1. The maximum atomic E-state index is 14.8. The maximum absolute atomic E-state index is 14.8. The van der Waals surface area contributed by atoms with Crippen LogP contribution in [0.4, 0.5) is 8.78 Å². The van der Waals surface area contributed by atoms with Crippen LogP contribution < -0.4 is 10.9 Å². The highest BCUT2D eigenvalue weighted by atomic mass is 19.1. The summed E-state index contributed by atoms with van der Waals surface area (Å²) in [7, 11) is 0. The number of hydrogen-bond acceptors (Lipinski definition) is 5. The monoisotopic (exact) mass is 457 g/mol. The molecule has 0 saturated carbocycles. The molecule has 2 aromatic carbocycles. The Morgan fingerprint density at radius 3 is 2.36 bits per heavy atom. The number of nitrogens with one attached hydrogen (secondary N) is 1. The molecule has 172 valence electrons. The molecule has 33 heavy (non-hydrogen) atoms. The highest BCUT2D eigenvalue weighted by Crippen LogP contribution is 2.23. The summed E-state index contributed by atoms with van der Waals surface area (Å²) in [5, 5.41) is 25.2. The molecule has 3 aromatic rings. The van der Waals surface area contributed by atoms with Crippen LogP contribution in [-0.2, 0) is 17.8 Å². The van der Waals surface area contributed by atoms with E-state index in [1.807, 2.05) is 5.32 Å². The third-order valence-electron chi connectivity index (χ3n) is 4.86. The van der Waals surface area contributed by atoms with Gasteiger partial charge in [-0.2, -0.15) is 5.10 Å². The molecule has 8 nitrogen and oxygen atoms in total. The second-order valence-electron chi connectivity index (χ2n) is 7.27. The molecule has 0 fully saturated rings. The van der Waals surface area contributed by atoms with Gasteiger partial charge in [0.25, 0.3) is 11.5 Å². The molecule has 3 N–H and O–H groups in total. The summed E-state index contributed by atoms with van der Waals surface area (Å²) >= 11 is 0. The van der Waals surface area contributed by atoms with Crippen LogP contribution >= 0.6 is 0 Å². The van der Waals surface area contributed by atoms with Crippen molar-refractivity contribution < 1.29 is 28.6 Å². The molecule has 0 aliphatic carbocycles. The van der Waals surface area contributed by atoms with Gasteiger partial charge in [-0.3, -0.25) is 14.4 Å². The van der Waals surface area contributed by atoms with Crippen molar-refractivity contribution in [3.63, 3.8) is 0 Å². The van der Waals surface area contributed by atoms with E-state index in [4.69, 9.17) is 5.11 Å². The van der Waals surface area contributed by atoms with E-state index in [9.17, 15) is 28.3 Å². The molecule has 0 atom stereocenters. The highest BCUT2D eigenvalue weighted by molar-refractivity contribution is 5.98. The fourth-order valence-corrected chi connectivity index (χ4v) is 3.23. The minimum absolute atomic E-state index is 0.0564. The summed E-state index contributed by atoms with van der Waals surface area (Å²) in [4.78, 5) is 35.9. The van der Waals surface area contributed by atoms with Gasteiger partial charge in [-0.15, -0.1) is 0 Å². The van der Waals surface area contributed by atoms with Crippen molar-refractivity contribution >= 4 is 11.9 Å². The van der Waals surface area contributed by atoms with Crippen LogP contribution in [0.15, 0.2) is 47.3 Å². The Morgan fingerprint density at radius 1 is 1.09 bits per heavy atom. The zero-order valence-corrected chi connectivity index (χ0v) is 17.6. The average Bonchev–Trinajstić information content (AvgIpc) is 2.77. The van der Waals surface area contributed by atoms with Crippen LogP contribution in [0.3, 0.4) is 0 Å². The lowest BCUT2D eigenvalue weighted by atomic mass is 10.0. The molecular formula is C23H21F2N3O5. The first-order valence-electron chi connectivity index (χ1n) is 10.1. The Morgan fingerprint density at radius 2 is 1.76 bits per heavy atom. The molecule has 0 radical (unpaired) electrons. The van der Waals surface area contributed by atoms with Gasteiger partial charge in [0.2, 0.25) is 0 Å². The molecule has 1 aromatic heterocycles. The van der Waals surface area contributed by atoms with E-state index in [0.717, 1.165) is 4.68 Å². The van der Waals surface area contributed by atoms with Crippen molar-refractivity contribution in [1.29, 1.82) is 0 Å². The third kappa shape index (κ3) is 5.40. The Labute approximate surface area is 187 Å². The van der Waals surface area contributed by atoms with Gasteiger partial charge in [0, 0.05) is 5.56 Å². The van der Waals surface area contributed by atoms with Crippen LogP contribution in [0.1, 0.15) is 35.0 Å². The first-order valence-corrected chi connectivity index (χ1v) is 10.1. The van der Waals surface area contributed by atoms with Gasteiger partial charge >= 0.3 is 5.97 Å². The summed E-state index contributed by atoms with van der Waals surface area (Å²) in [6.45, 7) is 0.724. The minimum Gasteiger partial charge on any atom is -0.505 e. The predicted molar refractivity (Wildman–Crippen MR) is 115 cm³/mol. The van der Waals surface area contributed by atoms with Gasteiger partial charge in [0.15, 0.2) is 5.75 Å². The molecule has 0 aliphatic heterocycles. The number of carbonyl (C=O) groups excluding carboxylic acids is 1. The Bertz CT molecular complexity index is 1260. The number of rotatable bonds is 8. The predicted octanol–water partition coefficient (Wildman–Crippen LogP) is 2.71. The highest BCUT2D eigenvalue weighted by Gasteiger charge is 2.23. The van der Waals surface area contributed by atoms with Crippen LogP contribution in [0.2, 0.25) is 0 Å². The summed E-state index contributed by atoms with van der Waals surface area (Å²) in [6, 6.07) is 9.81. The zero-order valence-electron chi connectivity index (χ0n) is 17.6. The van der Waals surface area contributed by atoms with Gasteiger partial charge in [0.1, 0.15) is 29.4 Å². The lowest BCUT2D eigenvalue weighted by Gasteiger charge is -2.13. The number of aliphatic carboxylic acids is 1. The molecule has 0 spiro atoms. The van der Waals surface area contributed by atoms with E-state index >= 15 is 0 Å². The molecule has 3 rings (SSSR count). The SMILES string of the molecule is CCCc1nn(Cc2ccc(-c3ccc(F)cc3)cc2F)c(=O)c(C(=O)NCC(=O)O)c1O. The number of halogens is 2. The second kappa shape index (κ2) is 10.0. The van der Waals surface area contributed by atoms with E-state index in [1.165, 1.54) is 36.4 Å². The van der Waals surface area contributed by atoms with E-state index in [1.54, 1.807) is 13.0 Å². The zero-order chi connectivity index (χ0) is 24.1. The number of carboxylic acids is 1. The molecule has 0 unspecified atom stereocenters. The number of benzene rings is 2. The number of carboxylic acid groups (broad SMARTS) is 1. The van der Waals surface area contributed by atoms with E-state index in [2.05, 4.69) is 5.10 Å². The van der Waals surface area contributed by atoms with Crippen molar-refractivity contribution in [2.75, 3.05) is 6.54 Å². The van der Waals surface area contributed by atoms with Crippen LogP contribution in [0.25, 0.3) is 11.1 Å². The minimum atomic E-state index is -1.32. The van der Waals surface area contributed by atoms with Crippen molar-refractivity contribution in [1.82, 2.24) is 15.1 Å². The first kappa shape index (κ1) is 23.6.